The van der Waals surface area contributed by atoms with Gasteiger partial charge in [-0.05, 0) is 39.2 Å². The van der Waals surface area contributed by atoms with Crippen molar-refractivity contribution in [3.05, 3.63) is 16.8 Å². The molecule has 1 saturated heterocycles. The maximum atomic E-state index is 12.3. The van der Waals surface area contributed by atoms with E-state index in [0.29, 0.717) is 28.5 Å². The summed E-state index contributed by atoms with van der Waals surface area (Å²) >= 11 is 1.26. The largest absolute Gasteiger partial charge is 0.480 e. The highest BCUT2D eigenvalue weighted by Gasteiger charge is 2.33. The topological polar surface area (TPSA) is 92.6 Å². The van der Waals surface area contributed by atoms with Crippen LogP contribution >= 0.6 is 11.3 Å². The normalized spacial score (nSPS) is 17.7. The van der Waals surface area contributed by atoms with Gasteiger partial charge in [0.1, 0.15) is 27.9 Å². The first-order chi connectivity index (χ1) is 11.4. The van der Waals surface area contributed by atoms with Gasteiger partial charge in [0.05, 0.1) is 11.5 Å². The molecule has 0 spiro atoms. The highest BCUT2D eigenvalue weighted by molar-refractivity contribution is 7.20. The third-order valence-corrected chi connectivity index (χ3v) is 5.22. The van der Waals surface area contributed by atoms with E-state index in [-0.39, 0.29) is 12.1 Å². The monoisotopic (exact) mass is 349 g/mol. The smallest absolute Gasteiger partial charge is 0.348 e. The van der Waals surface area contributed by atoms with Gasteiger partial charge in [-0.1, -0.05) is 0 Å². The highest BCUT2D eigenvalue weighted by Crippen LogP contribution is 2.37. The van der Waals surface area contributed by atoms with Crippen LogP contribution in [0.1, 0.15) is 41.9 Å². The molecule has 7 nitrogen and oxygen atoms in total. The number of carboxylic acids is 1. The van der Waals surface area contributed by atoms with Crippen LogP contribution < -0.4 is 4.90 Å². The predicted octanol–water partition coefficient (Wildman–Crippen LogP) is 2.62. The van der Waals surface area contributed by atoms with E-state index in [4.69, 9.17) is 4.74 Å². The first-order valence-corrected chi connectivity index (χ1v) is 8.66. The number of aromatic nitrogens is 2. The van der Waals surface area contributed by atoms with E-state index in [1.54, 1.807) is 18.7 Å². The van der Waals surface area contributed by atoms with Gasteiger partial charge < -0.3 is 14.7 Å². The van der Waals surface area contributed by atoms with E-state index in [1.165, 1.54) is 17.7 Å². The molecule has 3 heterocycles. The first-order valence-electron chi connectivity index (χ1n) is 7.84. The molecular formula is C16H19N3O4S. The molecule has 1 N–H and O–H groups in total. The summed E-state index contributed by atoms with van der Waals surface area (Å²) in [6, 6.07) is -0.589. The molecule has 1 aliphatic heterocycles. The number of thiophene rings is 1. The zero-order chi connectivity index (χ0) is 17.4. The van der Waals surface area contributed by atoms with Gasteiger partial charge in [0, 0.05) is 6.54 Å². The molecule has 0 aliphatic carbocycles. The van der Waals surface area contributed by atoms with Crippen molar-refractivity contribution in [2.24, 2.45) is 0 Å². The van der Waals surface area contributed by atoms with Crippen molar-refractivity contribution in [2.45, 2.75) is 45.8 Å². The Morgan fingerprint density at radius 2 is 2.17 bits per heavy atom. The lowest BCUT2D eigenvalue weighted by Crippen LogP contribution is -2.36. The third-order valence-electron chi connectivity index (χ3n) is 4.04. The molecule has 2 aromatic heterocycles. The number of hydrogen-bond acceptors (Lipinski definition) is 7. The number of aryl methyl sites for hydroxylation is 1. The lowest BCUT2D eigenvalue weighted by molar-refractivity contribution is -0.138. The molecule has 1 aliphatic rings. The molecule has 0 amide bonds. The van der Waals surface area contributed by atoms with Crippen molar-refractivity contribution in [1.29, 1.82) is 0 Å². The molecule has 8 heteroatoms. The number of fused-ring (bicyclic) bond motifs is 1. The van der Waals surface area contributed by atoms with E-state index in [0.717, 1.165) is 17.4 Å². The van der Waals surface area contributed by atoms with E-state index < -0.39 is 12.0 Å². The average molecular weight is 349 g/mol. The molecule has 0 saturated carbocycles. The van der Waals surface area contributed by atoms with Gasteiger partial charge in [0.25, 0.3) is 0 Å². The lowest BCUT2D eigenvalue weighted by Gasteiger charge is -2.23. The number of nitrogens with zero attached hydrogens (tertiary/aromatic N) is 3. The summed E-state index contributed by atoms with van der Waals surface area (Å²) in [6.45, 7) is 6.06. The Morgan fingerprint density at radius 1 is 1.42 bits per heavy atom. The molecule has 1 unspecified atom stereocenters. The van der Waals surface area contributed by atoms with Crippen LogP contribution in [0, 0.1) is 6.92 Å². The minimum atomic E-state index is -0.855. The number of rotatable bonds is 4. The molecular weight excluding hydrogens is 330 g/mol. The highest BCUT2D eigenvalue weighted by atomic mass is 32.1. The summed E-state index contributed by atoms with van der Waals surface area (Å²) in [5.41, 5.74) is 0.743. The predicted molar refractivity (Wildman–Crippen MR) is 90.7 cm³/mol. The minimum absolute atomic E-state index is 0.206. The Kier molecular flexibility index (Phi) is 4.40. The number of carbonyl (C=O) groups is 2. The Hall–Kier alpha value is -2.22. The van der Waals surface area contributed by atoms with Crippen molar-refractivity contribution < 1.29 is 19.4 Å². The minimum Gasteiger partial charge on any atom is -0.480 e. The Labute approximate surface area is 143 Å². The molecule has 2 aromatic rings. The SMILES string of the molecule is Cc1c(C(=O)OC(C)C)sc2ncnc(N3CCCC3C(=O)O)c12. The number of ether oxygens (including phenoxy) is 1. The van der Waals surface area contributed by atoms with Crippen LogP contribution in [-0.4, -0.2) is 45.7 Å². The zero-order valence-corrected chi connectivity index (χ0v) is 14.6. The van der Waals surface area contributed by atoms with Gasteiger partial charge in [0.2, 0.25) is 0 Å². The van der Waals surface area contributed by atoms with Crippen LogP contribution in [0.25, 0.3) is 10.2 Å². The van der Waals surface area contributed by atoms with E-state index in [1.807, 2.05) is 6.92 Å². The lowest BCUT2D eigenvalue weighted by atomic mass is 10.1. The number of carboxylic acid groups (broad SMARTS) is 1. The number of aliphatic carboxylic acids is 1. The summed E-state index contributed by atoms with van der Waals surface area (Å²) < 4.78 is 5.29. The number of esters is 1. The van der Waals surface area contributed by atoms with Gasteiger partial charge in [0.15, 0.2) is 0 Å². The fraction of sp³-hybridized carbons (Fsp3) is 0.500. The number of anilines is 1. The maximum Gasteiger partial charge on any atom is 0.348 e. The van der Waals surface area contributed by atoms with Crippen LogP contribution in [0.4, 0.5) is 5.82 Å². The molecule has 0 bridgehead atoms. The van der Waals surface area contributed by atoms with Crippen molar-refractivity contribution >= 4 is 39.3 Å². The fourth-order valence-corrected chi connectivity index (χ4v) is 4.04. The summed E-state index contributed by atoms with van der Waals surface area (Å²) in [6.07, 6.45) is 2.60. The van der Waals surface area contributed by atoms with Crippen molar-refractivity contribution in [3.8, 4) is 0 Å². The van der Waals surface area contributed by atoms with Crippen LogP contribution in [0.5, 0.6) is 0 Å². The summed E-state index contributed by atoms with van der Waals surface area (Å²) in [5.74, 6) is -0.651. The number of carbonyl (C=O) groups excluding carboxylic acids is 1. The van der Waals surface area contributed by atoms with E-state index >= 15 is 0 Å². The van der Waals surface area contributed by atoms with E-state index in [9.17, 15) is 14.7 Å². The van der Waals surface area contributed by atoms with Crippen LogP contribution in [0.3, 0.4) is 0 Å². The van der Waals surface area contributed by atoms with Crippen molar-refractivity contribution in [3.63, 3.8) is 0 Å². The quantitative estimate of drug-likeness (QED) is 0.848. The van der Waals surface area contributed by atoms with Crippen LogP contribution in [0.2, 0.25) is 0 Å². The molecule has 3 rings (SSSR count). The second-order valence-corrected chi connectivity index (χ2v) is 7.08. The molecule has 0 radical (unpaired) electrons. The number of hydrogen-bond donors (Lipinski definition) is 1. The fourth-order valence-electron chi connectivity index (χ4n) is 3.01. The Bertz CT molecular complexity index is 802. The summed E-state index contributed by atoms with van der Waals surface area (Å²) in [4.78, 5) is 35.3. The van der Waals surface area contributed by atoms with Gasteiger partial charge in [-0.15, -0.1) is 11.3 Å². The molecule has 24 heavy (non-hydrogen) atoms. The van der Waals surface area contributed by atoms with Gasteiger partial charge >= 0.3 is 11.9 Å². The molecule has 1 fully saturated rings. The first kappa shape index (κ1) is 16.6. The maximum absolute atomic E-state index is 12.3. The van der Waals surface area contributed by atoms with Gasteiger partial charge in [-0.25, -0.2) is 19.6 Å². The van der Waals surface area contributed by atoms with Gasteiger partial charge in [-0.2, -0.15) is 0 Å². The molecule has 1 atom stereocenters. The second-order valence-electron chi connectivity index (χ2n) is 6.08. The Balaban J connectivity index is 2.09. The average Bonchev–Trinajstić information content (AvgIpc) is 3.11. The van der Waals surface area contributed by atoms with Crippen molar-refractivity contribution in [2.75, 3.05) is 11.4 Å². The van der Waals surface area contributed by atoms with Crippen LogP contribution in [-0.2, 0) is 9.53 Å². The Morgan fingerprint density at radius 3 is 2.83 bits per heavy atom. The zero-order valence-electron chi connectivity index (χ0n) is 13.8. The van der Waals surface area contributed by atoms with Crippen molar-refractivity contribution in [1.82, 2.24) is 9.97 Å². The summed E-state index contributed by atoms with van der Waals surface area (Å²) in [7, 11) is 0. The standard InChI is InChI=1S/C16H19N3O4S/c1-8(2)23-16(22)12-9(3)11-13(17-7-18-14(11)24-12)19-6-4-5-10(19)15(20)21/h7-8,10H,4-6H2,1-3H3,(H,20,21). The van der Waals surface area contributed by atoms with Gasteiger partial charge in [-0.3, -0.25) is 0 Å². The molecule has 128 valence electrons. The third kappa shape index (κ3) is 2.82. The van der Waals surface area contributed by atoms with E-state index in [2.05, 4.69) is 9.97 Å². The second kappa shape index (κ2) is 6.35. The molecule has 0 aromatic carbocycles. The van der Waals surface area contributed by atoms with Crippen LogP contribution in [0.15, 0.2) is 6.33 Å². The summed E-state index contributed by atoms with van der Waals surface area (Å²) in [5, 5.41) is 10.2.